The first-order valence-corrected chi connectivity index (χ1v) is 8.10. The Labute approximate surface area is 129 Å². The molecular formula is C18H31FN2. The number of halogens is 1. The van der Waals surface area contributed by atoms with Crippen molar-refractivity contribution in [2.75, 3.05) is 31.6 Å². The van der Waals surface area contributed by atoms with Crippen LogP contribution in [0.3, 0.4) is 0 Å². The molecule has 0 fully saturated rings. The predicted octanol–water partition coefficient (Wildman–Crippen LogP) is 4.31. The first-order valence-electron chi connectivity index (χ1n) is 8.10. The van der Waals surface area contributed by atoms with Gasteiger partial charge in [-0.3, -0.25) is 0 Å². The molecule has 21 heavy (non-hydrogen) atoms. The normalized spacial score (nSPS) is 12.0. The third-order valence-electron chi connectivity index (χ3n) is 4.39. The molecule has 0 saturated heterocycles. The zero-order valence-corrected chi connectivity index (χ0v) is 14.2. The van der Waals surface area contributed by atoms with Gasteiger partial charge in [0.2, 0.25) is 0 Å². The Morgan fingerprint density at radius 3 is 2.19 bits per heavy atom. The van der Waals surface area contributed by atoms with Gasteiger partial charge in [-0.1, -0.05) is 27.7 Å². The van der Waals surface area contributed by atoms with Crippen LogP contribution < -0.4 is 10.2 Å². The van der Waals surface area contributed by atoms with Crippen molar-refractivity contribution < 1.29 is 4.39 Å². The van der Waals surface area contributed by atoms with E-state index in [0.717, 1.165) is 38.2 Å². The van der Waals surface area contributed by atoms with Crippen LogP contribution in [0.5, 0.6) is 0 Å². The van der Waals surface area contributed by atoms with E-state index in [9.17, 15) is 4.39 Å². The van der Waals surface area contributed by atoms with Crippen LogP contribution in [0.4, 0.5) is 10.1 Å². The van der Waals surface area contributed by atoms with Crippen molar-refractivity contribution in [3.63, 3.8) is 0 Å². The second-order valence-corrected chi connectivity index (χ2v) is 6.56. The average molecular weight is 294 g/mol. The van der Waals surface area contributed by atoms with Gasteiger partial charge in [-0.15, -0.1) is 0 Å². The summed E-state index contributed by atoms with van der Waals surface area (Å²) in [5.41, 5.74) is 1.34. The quantitative estimate of drug-likeness (QED) is 0.730. The van der Waals surface area contributed by atoms with Crippen LogP contribution >= 0.6 is 0 Å². The summed E-state index contributed by atoms with van der Waals surface area (Å²) in [6.07, 6.45) is 2.28. The van der Waals surface area contributed by atoms with Gasteiger partial charge in [0, 0.05) is 25.8 Å². The van der Waals surface area contributed by atoms with Crippen molar-refractivity contribution in [1.29, 1.82) is 0 Å². The molecule has 2 nitrogen and oxygen atoms in total. The number of hydrogen-bond acceptors (Lipinski definition) is 2. The second-order valence-electron chi connectivity index (χ2n) is 6.56. The van der Waals surface area contributed by atoms with Crippen LogP contribution in [0, 0.1) is 17.2 Å². The summed E-state index contributed by atoms with van der Waals surface area (Å²) in [5.74, 6) is 0.495. The van der Waals surface area contributed by atoms with E-state index < -0.39 is 0 Å². The molecule has 0 amide bonds. The maximum absolute atomic E-state index is 13.0. The number of nitrogens with zero attached hydrogens (tertiary/aromatic N) is 1. The van der Waals surface area contributed by atoms with Gasteiger partial charge in [0.1, 0.15) is 5.82 Å². The van der Waals surface area contributed by atoms with Crippen LogP contribution in [-0.2, 0) is 0 Å². The van der Waals surface area contributed by atoms with Gasteiger partial charge in [0.25, 0.3) is 0 Å². The van der Waals surface area contributed by atoms with E-state index >= 15 is 0 Å². The summed E-state index contributed by atoms with van der Waals surface area (Å²) in [6.45, 7) is 12.1. The summed E-state index contributed by atoms with van der Waals surface area (Å²) >= 11 is 0. The molecule has 1 aromatic carbocycles. The highest BCUT2D eigenvalue weighted by molar-refractivity contribution is 5.45. The lowest BCUT2D eigenvalue weighted by atomic mass is 9.81. The van der Waals surface area contributed by atoms with E-state index in [1.54, 1.807) is 0 Å². The van der Waals surface area contributed by atoms with Crippen molar-refractivity contribution >= 4 is 5.69 Å². The van der Waals surface area contributed by atoms with Gasteiger partial charge in [-0.05, 0) is 55.0 Å². The lowest BCUT2D eigenvalue weighted by Crippen LogP contribution is -2.43. The van der Waals surface area contributed by atoms with Gasteiger partial charge < -0.3 is 10.2 Å². The molecule has 0 bridgehead atoms. The van der Waals surface area contributed by atoms with Crippen LogP contribution in [-0.4, -0.2) is 26.7 Å². The molecule has 0 spiro atoms. The molecule has 0 atom stereocenters. The zero-order chi connectivity index (χ0) is 15.9. The number of rotatable bonds is 9. The molecule has 0 heterocycles. The van der Waals surface area contributed by atoms with Gasteiger partial charge in [0.05, 0.1) is 0 Å². The summed E-state index contributed by atoms with van der Waals surface area (Å²) in [4.78, 5) is 2.24. The maximum Gasteiger partial charge on any atom is 0.123 e. The molecule has 3 heteroatoms. The fraction of sp³-hybridized carbons (Fsp3) is 0.667. The third-order valence-corrected chi connectivity index (χ3v) is 4.39. The Kier molecular flexibility index (Phi) is 7.16. The highest BCUT2D eigenvalue weighted by Crippen LogP contribution is 2.28. The molecule has 1 N–H and O–H groups in total. The minimum Gasteiger partial charge on any atom is -0.374 e. The smallest absolute Gasteiger partial charge is 0.123 e. The van der Waals surface area contributed by atoms with E-state index in [0.29, 0.717) is 5.92 Å². The largest absolute Gasteiger partial charge is 0.374 e. The van der Waals surface area contributed by atoms with Crippen molar-refractivity contribution in [3.05, 3.63) is 30.1 Å². The van der Waals surface area contributed by atoms with Crippen LogP contribution in [0.1, 0.15) is 40.5 Å². The predicted molar refractivity (Wildman–Crippen MR) is 90.4 cm³/mol. The van der Waals surface area contributed by atoms with E-state index in [4.69, 9.17) is 0 Å². The first kappa shape index (κ1) is 18.0. The Morgan fingerprint density at radius 1 is 1.14 bits per heavy atom. The lowest BCUT2D eigenvalue weighted by Gasteiger charge is -2.37. The van der Waals surface area contributed by atoms with Crippen LogP contribution in [0.25, 0.3) is 0 Å². The first-order chi connectivity index (χ1) is 9.92. The van der Waals surface area contributed by atoms with Gasteiger partial charge >= 0.3 is 0 Å². The molecule has 0 saturated carbocycles. The number of anilines is 1. The molecule has 0 unspecified atom stereocenters. The molecule has 0 aliphatic rings. The van der Waals surface area contributed by atoms with Gasteiger partial charge in [-0.25, -0.2) is 4.39 Å². The topological polar surface area (TPSA) is 15.3 Å². The minimum absolute atomic E-state index is 0.178. The molecule has 120 valence electrons. The molecule has 0 aliphatic heterocycles. The van der Waals surface area contributed by atoms with Gasteiger partial charge in [-0.2, -0.15) is 0 Å². The molecule has 1 aromatic rings. The van der Waals surface area contributed by atoms with Crippen molar-refractivity contribution in [3.8, 4) is 0 Å². The van der Waals surface area contributed by atoms with E-state index in [-0.39, 0.29) is 11.2 Å². The monoisotopic (exact) mass is 294 g/mol. The second kappa shape index (κ2) is 8.38. The zero-order valence-electron chi connectivity index (χ0n) is 14.2. The number of benzene rings is 1. The molecule has 0 aromatic heterocycles. The Balaban J connectivity index is 2.69. The average Bonchev–Trinajstić information content (AvgIpc) is 2.46. The molecule has 0 radical (unpaired) electrons. The Bertz CT molecular complexity index is 396. The van der Waals surface area contributed by atoms with Crippen molar-refractivity contribution in [1.82, 2.24) is 5.32 Å². The number of nitrogens with one attached hydrogen (secondary N) is 1. The fourth-order valence-corrected chi connectivity index (χ4v) is 2.70. The van der Waals surface area contributed by atoms with Crippen LogP contribution in [0.2, 0.25) is 0 Å². The fourth-order valence-electron chi connectivity index (χ4n) is 2.70. The summed E-state index contributed by atoms with van der Waals surface area (Å²) in [5, 5.41) is 3.61. The van der Waals surface area contributed by atoms with Crippen molar-refractivity contribution in [2.24, 2.45) is 11.3 Å². The Morgan fingerprint density at radius 2 is 1.71 bits per heavy atom. The summed E-state index contributed by atoms with van der Waals surface area (Å²) < 4.78 is 13.0. The standard InChI is InChI=1S/C18H31FN2/c1-6-18(7-2,13-20-12-15(3)4)14-21(5)17-10-8-16(19)9-11-17/h8-11,15,20H,6-7,12-14H2,1-5H3. The van der Waals surface area contributed by atoms with E-state index in [2.05, 4.69) is 45.0 Å². The highest BCUT2D eigenvalue weighted by atomic mass is 19.1. The van der Waals surface area contributed by atoms with Crippen molar-refractivity contribution in [2.45, 2.75) is 40.5 Å². The third kappa shape index (κ3) is 5.66. The maximum atomic E-state index is 13.0. The SMILES string of the molecule is CCC(CC)(CNCC(C)C)CN(C)c1ccc(F)cc1. The molecule has 1 rings (SSSR count). The van der Waals surface area contributed by atoms with Crippen LogP contribution in [0.15, 0.2) is 24.3 Å². The van der Waals surface area contributed by atoms with Gasteiger partial charge in [0.15, 0.2) is 0 Å². The van der Waals surface area contributed by atoms with E-state index in [1.165, 1.54) is 12.1 Å². The highest BCUT2D eigenvalue weighted by Gasteiger charge is 2.27. The summed E-state index contributed by atoms with van der Waals surface area (Å²) in [6, 6.07) is 6.77. The number of hydrogen-bond donors (Lipinski definition) is 1. The minimum atomic E-state index is -0.178. The summed E-state index contributed by atoms with van der Waals surface area (Å²) in [7, 11) is 2.09. The molecular weight excluding hydrogens is 263 g/mol. The Hall–Kier alpha value is -1.09. The van der Waals surface area contributed by atoms with E-state index in [1.807, 2.05) is 12.1 Å². The molecule has 0 aliphatic carbocycles. The lowest BCUT2D eigenvalue weighted by molar-refractivity contribution is 0.252.